The van der Waals surface area contributed by atoms with E-state index < -0.39 is 10.0 Å². The van der Waals surface area contributed by atoms with Crippen molar-refractivity contribution in [2.45, 2.75) is 50.8 Å². The van der Waals surface area contributed by atoms with E-state index in [0.717, 1.165) is 19.3 Å². The number of unbranched alkanes of at least 4 members (excludes halogenated alkanes) is 2. The largest absolute Gasteiger partial charge is 0.494 e. The van der Waals surface area contributed by atoms with Crippen LogP contribution in [0, 0.1) is 0 Å². The molecular formula is C19H30N2O4S. The van der Waals surface area contributed by atoms with Crippen molar-refractivity contribution in [3.8, 4) is 5.75 Å². The topological polar surface area (TPSA) is 66.9 Å². The lowest BCUT2D eigenvalue weighted by Gasteiger charge is -2.21. The summed E-state index contributed by atoms with van der Waals surface area (Å²) in [6.07, 6.45) is 4.37. The van der Waals surface area contributed by atoms with Gasteiger partial charge in [0.2, 0.25) is 15.9 Å². The van der Waals surface area contributed by atoms with E-state index in [4.69, 9.17) is 4.74 Å². The number of carbonyl (C=O) groups is 1. The average molecular weight is 383 g/mol. The number of hydrogen-bond donors (Lipinski definition) is 0. The zero-order chi connectivity index (χ0) is 19.0. The monoisotopic (exact) mass is 382 g/mol. The van der Waals surface area contributed by atoms with Gasteiger partial charge in [-0.1, -0.05) is 26.7 Å². The summed E-state index contributed by atoms with van der Waals surface area (Å²) >= 11 is 0. The minimum atomic E-state index is -3.55. The molecule has 1 fully saturated rings. The fraction of sp³-hybridized carbons (Fsp3) is 0.632. The molecular weight excluding hydrogens is 352 g/mol. The first-order valence-electron chi connectivity index (χ1n) is 9.49. The number of benzene rings is 1. The molecule has 0 bridgehead atoms. The molecule has 1 aliphatic heterocycles. The number of carbonyl (C=O) groups excluding carboxylic acids is 1. The minimum Gasteiger partial charge on any atom is -0.494 e. The van der Waals surface area contributed by atoms with Crippen molar-refractivity contribution in [2.75, 3.05) is 32.8 Å². The highest BCUT2D eigenvalue weighted by Crippen LogP contribution is 2.21. The van der Waals surface area contributed by atoms with Crippen LogP contribution in [0.5, 0.6) is 5.75 Å². The molecule has 0 spiro atoms. The highest BCUT2D eigenvalue weighted by Gasteiger charge is 2.27. The van der Waals surface area contributed by atoms with E-state index in [2.05, 4.69) is 6.92 Å². The fourth-order valence-corrected chi connectivity index (χ4v) is 4.48. The Morgan fingerprint density at radius 3 is 2.42 bits per heavy atom. The second kappa shape index (κ2) is 9.92. The van der Waals surface area contributed by atoms with Gasteiger partial charge in [0.05, 0.1) is 11.5 Å². The Kier molecular flexibility index (Phi) is 7.90. The first-order chi connectivity index (χ1) is 12.5. The molecule has 1 amide bonds. The van der Waals surface area contributed by atoms with Gasteiger partial charge in [0.1, 0.15) is 5.75 Å². The molecule has 1 aliphatic rings. The van der Waals surface area contributed by atoms with Gasteiger partial charge in [0.15, 0.2) is 0 Å². The molecule has 1 saturated heterocycles. The molecule has 0 unspecified atom stereocenters. The summed E-state index contributed by atoms with van der Waals surface area (Å²) in [4.78, 5) is 13.9. The summed E-state index contributed by atoms with van der Waals surface area (Å²) in [5.74, 6) is 0.768. The summed E-state index contributed by atoms with van der Waals surface area (Å²) in [7, 11) is -3.55. The van der Waals surface area contributed by atoms with Crippen LogP contribution in [0.25, 0.3) is 0 Å². The fourth-order valence-electron chi connectivity index (χ4n) is 3.01. The Morgan fingerprint density at radius 1 is 1.04 bits per heavy atom. The molecule has 0 N–H and O–H groups in total. The Morgan fingerprint density at radius 2 is 1.77 bits per heavy atom. The normalized spacial score (nSPS) is 16.3. The second-order valence-electron chi connectivity index (χ2n) is 6.52. The van der Waals surface area contributed by atoms with Crippen LogP contribution in [0.1, 0.15) is 46.0 Å². The molecule has 1 aromatic carbocycles. The molecule has 0 atom stereocenters. The van der Waals surface area contributed by atoms with Crippen LogP contribution in [0.3, 0.4) is 0 Å². The molecule has 1 aromatic rings. The van der Waals surface area contributed by atoms with Gasteiger partial charge in [-0.25, -0.2) is 8.42 Å². The van der Waals surface area contributed by atoms with Gasteiger partial charge in [0, 0.05) is 32.6 Å². The molecule has 0 saturated carbocycles. The van der Waals surface area contributed by atoms with Crippen LogP contribution >= 0.6 is 0 Å². The lowest BCUT2D eigenvalue weighted by Crippen LogP contribution is -2.37. The number of hydrogen-bond acceptors (Lipinski definition) is 4. The first-order valence-corrected chi connectivity index (χ1v) is 10.9. The number of ether oxygens (including phenoxy) is 1. The van der Waals surface area contributed by atoms with Crippen molar-refractivity contribution in [3.63, 3.8) is 0 Å². The standard InChI is InChI=1S/C19H30N2O4S/c1-3-5-6-16-25-17-8-10-18(11-9-17)26(23,24)21-13-7-12-20(14-15-21)19(22)4-2/h8-11H,3-7,12-16H2,1-2H3. The average Bonchev–Trinajstić information content (AvgIpc) is 2.92. The molecule has 1 heterocycles. The summed E-state index contributed by atoms with van der Waals surface area (Å²) in [5, 5.41) is 0. The Labute approximate surface area is 157 Å². The van der Waals surface area contributed by atoms with E-state index >= 15 is 0 Å². The van der Waals surface area contributed by atoms with Crippen molar-refractivity contribution < 1.29 is 17.9 Å². The van der Waals surface area contributed by atoms with E-state index in [1.165, 1.54) is 4.31 Å². The van der Waals surface area contributed by atoms with E-state index in [9.17, 15) is 13.2 Å². The third kappa shape index (κ3) is 5.45. The van der Waals surface area contributed by atoms with Crippen LogP contribution < -0.4 is 4.74 Å². The third-order valence-corrected chi connectivity index (χ3v) is 6.50. The zero-order valence-corrected chi connectivity index (χ0v) is 16.6. The Hall–Kier alpha value is -1.60. The van der Waals surface area contributed by atoms with Gasteiger partial charge in [0.25, 0.3) is 0 Å². The SMILES string of the molecule is CCCCCOc1ccc(S(=O)(=O)N2CCCN(C(=O)CC)CC2)cc1. The van der Waals surface area contributed by atoms with Crippen LogP contribution in [-0.2, 0) is 14.8 Å². The van der Waals surface area contributed by atoms with Gasteiger partial charge < -0.3 is 9.64 Å². The smallest absolute Gasteiger partial charge is 0.243 e. The summed E-state index contributed by atoms with van der Waals surface area (Å²) in [6.45, 7) is 6.45. The lowest BCUT2D eigenvalue weighted by molar-refractivity contribution is -0.130. The van der Waals surface area contributed by atoms with Gasteiger partial charge in [-0.05, 0) is 37.1 Å². The second-order valence-corrected chi connectivity index (χ2v) is 8.46. The van der Waals surface area contributed by atoms with E-state index in [1.807, 2.05) is 6.92 Å². The Balaban J connectivity index is 1.99. The molecule has 0 aliphatic carbocycles. The predicted octanol–water partition coefficient (Wildman–Crippen LogP) is 2.89. The van der Waals surface area contributed by atoms with Crippen LogP contribution in [0.2, 0.25) is 0 Å². The minimum absolute atomic E-state index is 0.0776. The van der Waals surface area contributed by atoms with Crippen molar-refractivity contribution >= 4 is 15.9 Å². The zero-order valence-electron chi connectivity index (χ0n) is 15.8. The molecule has 7 heteroatoms. The highest BCUT2D eigenvalue weighted by molar-refractivity contribution is 7.89. The highest BCUT2D eigenvalue weighted by atomic mass is 32.2. The van der Waals surface area contributed by atoms with Crippen LogP contribution in [0.4, 0.5) is 0 Å². The molecule has 2 rings (SSSR count). The maximum Gasteiger partial charge on any atom is 0.243 e. The van der Waals surface area contributed by atoms with Gasteiger partial charge in [-0.2, -0.15) is 4.31 Å². The quantitative estimate of drug-likeness (QED) is 0.649. The number of sulfonamides is 1. The maximum atomic E-state index is 12.9. The molecule has 26 heavy (non-hydrogen) atoms. The van der Waals surface area contributed by atoms with Gasteiger partial charge in [-0.3, -0.25) is 4.79 Å². The van der Waals surface area contributed by atoms with Crippen molar-refractivity contribution in [2.24, 2.45) is 0 Å². The van der Waals surface area contributed by atoms with Crippen molar-refractivity contribution in [3.05, 3.63) is 24.3 Å². The van der Waals surface area contributed by atoms with Crippen LogP contribution in [-0.4, -0.2) is 56.3 Å². The van der Waals surface area contributed by atoms with E-state index in [1.54, 1.807) is 29.2 Å². The third-order valence-electron chi connectivity index (χ3n) is 4.59. The molecule has 146 valence electrons. The summed E-state index contributed by atoms with van der Waals surface area (Å²) in [6, 6.07) is 6.63. The first kappa shape index (κ1) is 20.7. The van der Waals surface area contributed by atoms with Crippen molar-refractivity contribution in [1.82, 2.24) is 9.21 Å². The lowest BCUT2D eigenvalue weighted by atomic mass is 10.3. The van der Waals surface area contributed by atoms with Crippen molar-refractivity contribution in [1.29, 1.82) is 0 Å². The van der Waals surface area contributed by atoms with Gasteiger partial charge >= 0.3 is 0 Å². The van der Waals surface area contributed by atoms with E-state index in [-0.39, 0.29) is 10.8 Å². The molecule has 6 nitrogen and oxygen atoms in total. The molecule has 0 aromatic heterocycles. The number of amides is 1. The van der Waals surface area contributed by atoms with Crippen LogP contribution in [0.15, 0.2) is 29.2 Å². The number of nitrogens with zero attached hydrogens (tertiary/aromatic N) is 2. The summed E-state index contributed by atoms with van der Waals surface area (Å²) in [5.41, 5.74) is 0. The Bertz CT molecular complexity index is 673. The number of rotatable bonds is 8. The molecule has 0 radical (unpaired) electrons. The predicted molar refractivity (Wildman–Crippen MR) is 102 cm³/mol. The van der Waals surface area contributed by atoms with E-state index in [0.29, 0.717) is 51.4 Å². The van der Waals surface area contributed by atoms with Gasteiger partial charge in [-0.15, -0.1) is 0 Å². The summed E-state index contributed by atoms with van der Waals surface area (Å²) < 4.78 is 32.9. The maximum absolute atomic E-state index is 12.9.